The summed E-state index contributed by atoms with van der Waals surface area (Å²) in [6.45, 7) is 4.51. The molecule has 2 fully saturated rings. The third kappa shape index (κ3) is 6.27. The van der Waals surface area contributed by atoms with Crippen molar-refractivity contribution in [1.29, 1.82) is 0 Å². The largest absolute Gasteiger partial charge is 0.378 e. The molecular weight excluding hydrogens is 234 g/mol. The first-order valence-corrected chi connectivity index (χ1v) is 8.69. The van der Waals surface area contributed by atoms with Gasteiger partial charge in [0.1, 0.15) is 0 Å². The van der Waals surface area contributed by atoms with Crippen molar-refractivity contribution in [3.8, 4) is 0 Å². The number of ether oxygens (including phenoxy) is 1. The summed E-state index contributed by atoms with van der Waals surface area (Å²) in [6, 6.07) is 0.777. The Kier molecular flexibility index (Phi) is 7.23. The Morgan fingerprint density at radius 3 is 2.58 bits per heavy atom. The van der Waals surface area contributed by atoms with Crippen molar-refractivity contribution in [1.82, 2.24) is 5.32 Å². The maximum Gasteiger partial charge on any atom is 0.0575 e. The van der Waals surface area contributed by atoms with Gasteiger partial charge in [-0.1, -0.05) is 39.0 Å². The molecule has 0 aromatic rings. The van der Waals surface area contributed by atoms with Crippen molar-refractivity contribution < 1.29 is 4.74 Å². The Morgan fingerprint density at radius 2 is 1.74 bits per heavy atom. The van der Waals surface area contributed by atoms with Gasteiger partial charge in [-0.15, -0.1) is 0 Å². The highest BCUT2D eigenvalue weighted by molar-refractivity contribution is 4.73. The first-order chi connectivity index (χ1) is 9.34. The third-order valence-corrected chi connectivity index (χ3v) is 4.92. The summed E-state index contributed by atoms with van der Waals surface area (Å²) in [5.74, 6) is 0.946. The van der Waals surface area contributed by atoms with Crippen molar-refractivity contribution in [2.24, 2.45) is 5.92 Å². The maximum absolute atomic E-state index is 5.97. The van der Waals surface area contributed by atoms with Crippen molar-refractivity contribution in [2.45, 2.75) is 89.7 Å². The fraction of sp³-hybridized carbons (Fsp3) is 1.00. The van der Waals surface area contributed by atoms with E-state index in [1.807, 2.05) is 0 Å². The van der Waals surface area contributed by atoms with Gasteiger partial charge in [0.25, 0.3) is 0 Å². The first kappa shape index (κ1) is 15.3. The van der Waals surface area contributed by atoms with Crippen LogP contribution in [0.25, 0.3) is 0 Å². The molecule has 0 aromatic carbocycles. The van der Waals surface area contributed by atoms with Crippen molar-refractivity contribution in [3.05, 3.63) is 0 Å². The first-order valence-electron chi connectivity index (χ1n) is 8.69. The molecule has 2 unspecified atom stereocenters. The lowest BCUT2D eigenvalue weighted by molar-refractivity contribution is 0.0270. The Hall–Kier alpha value is -0.0800. The van der Waals surface area contributed by atoms with Crippen LogP contribution in [0.5, 0.6) is 0 Å². The van der Waals surface area contributed by atoms with E-state index in [1.165, 1.54) is 70.6 Å². The van der Waals surface area contributed by atoms with E-state index in [4.69, 9.17) is 4.74 Å². The molecule has 0 aliphatic heterocycles. The Bertz CT molecular complexity index is 225. The van der Waals surface area contributed by atoms with E-state index < -0.39 is 0 Å². The lowest BCUT2D eigenvalue weighted by atomic mass is 9.98. The topological polar surface area (TPSA) is 21.3 Å². The van der Waals surface area contributed by atoms with Gasteiger partial charge in [0.05, 0.1) is 6.10 Å². The van der Waals surface area contributed by atoms with Crippen LogP contribution in [0.3, 0.4) is 0 Å². The fourth-order valence-electron chi connectivity index (χ4n) is 3.55. The number of nitrogens with one attached hydrogen (secondary N) is 1. The zero-order valence-corrected chi connectivity index (χ0v) is 12.8. The molecule has 112 valence electrons. The van der Waals surface area contributed by atoms with Gasteiger partial charge in [0.2, 0.25) is 0 Å². The minimum absolute atomic E-state index is 0.576. The lowest BCUT2D eigenvalue weighted by Crippen LogP contribution is -2.30. The molecule has 19 heavy (non-hydrogen) atoms. The van der Waals surface area contributed by atoms with Crippen LogP contribution in [0, 0.1) is 5.92 Å². The molecule has 2 rings (SSSR count). The van der Waals surface area contributed by atoms with Gasteiger partial charge in [-0.25, -0.2) is 0 Å². The van der Waals surface area contributed by atoms with Crippen LogP contribution < -0.4 is 5.32 Å². The van der Waals surface area contributed by atoms with Crippen LogP contribution in [-0.2, 0) is 4.74 Å². The van der Waals surface area contributed by atoms with Gasteiger partial charge >= 0.3 is 0 Å². The summed E-state index contributed by atoms with van der Waals surface area (Å²) >= 11 is 0. The minimum atomic E-state index is 0.576. The molecule has 2 nitrogen and oxygen atoms in total. The average molecular weight is 267 g/mol. The predicted octanol–water partition coefficient (Wildman–Crippen LogP) is 4.28. The van der Waals surface area contributed by atoms with E-state index in [1.54, 1.807) is 0 Å². The molecule has 0 aromatic heterocycles. The molecule has 2 aliphatic carbocycles. The van der Waals surface area contributed by atoms with Gasteiger partial charge in [-0.3, -0.25) is 0 Å². The van der Waals surface area contributed by atoms with Crippen molar-refractivity contribution >= 4 is 0 Å². The van der Waals surface area contributed by atoms with Gasteiger partial charge in [-0.2, -0.15) is 0 Å². The summed E-state index contributed by atoms with van der Waals surface area (Å²) in [5.41, 5.74) is 0. The highest BCUT2D eigenvalue weighted by Crippen LogP contribution is 2.22. The van der Waals surface area contributed by atoms with E-state index in [0.29, 0.717) is 6.10 Å². The van der Waals surface area contributed by atoms with Crippen LogP contribution in [-0.4, -0.2) is 25.3 Å². The summed E-state index contributed by atoms with van der Waals surface area (Å²) in [4.78, 5) is 0. The van der Waals surface area contributed by atoms with Gasteiger partial charge in [0, 0.05) is 12.6 Å². The molecule has 2 atom stereocenters. The van der Waals surface area contributed by atoms with Crippen LogP contribution in [0.2, 0.25) is 0 Å². The normalized spacial score (nSPS) is 30.2. The van der Waals surface area contributed by atoms with E-state index >= 15 is 0 Å². The van der Waals surface area contributed by atoms with Gasteiger partial charge in [-0.05, 0) is 51.0 Å². The SMILES string of the molecule is CC1CCCC(NCCCOC2CCCCC2)CC1. The third-order valence-electron chi connectivity index (χ3n) is 4.92. The molecule has 0 bridgehead atoms. The average Bonchev–Trinajstić information content (AvgIpc) is 2.64. The van der Waals surface area contributed by atoms with Crippen LogP contribution in [0.1, 0.15) is 77.6 Å². The number of hydrogen-bond donors (Lipinski definition) is 1. The Balaban J connectivity index is 1.47. The number of rotatable bonds is 6. The van der Waals surface area contributed by atoms with Crippen LogP contribution in [0.4, 0.5) is 0 Å². The van der Waals surface area contributed by atoms with Crippen molar-refractivity contribution in [3.63, 3.8) is 0 Å². The monoisotopic (exact) mass is 267 g/mol. The molecule has 0 radical (unpaired) electrons. The van der Waals surface area contributed by atoms with Gasteiger partial charge < -0.3 is 10.1 Å². The second-order valence-corrected chi connectivity index (χ2v) is 6.75. The summed E-state index contributed by atoms with van der Waals surface area (Å²) in [6.07, 6.45) is 15.6. The van der Waals surface area contributed by atoms with Crippen LogP contribution in [0.15, 0.2) is 0 Å². The molecule has 0 spiro atoms. The standard InChI is InChI=1S/C17H33NO/c1-15-7-5-8-16(12-11-15)18-13-6-14-19-17-9-3-2-4-10-17/h15-18H,2-14H2,1H3. The smallest absolute Gasteiger partial charge is 0.0575 e. The molecular formula is C17H33NO. The van der Waals surface area contributed by atoms with E-state index in [2.05, 4.69) is 12.2 Å². The zero-order valence-electron chi connectivity index (χ0n) is 12.8. The predicted molar refractivity (Wildman–Crippen MR) is 81.5 cm³/mol. The zero-order chi connectivity index (χ0) is 13.3. The summed E-state index contributed by atoms with van der Waals surface area (Å²) in [7, 11) is 0. The van der Waals surface area contributed by atoms with E-state index in [-0.39, 0.29) is 0 Å². The summed E-state index contributed by atoms with van der Waals surface area (Å²) in [5, 5.41) is 3.74. The minimum Gasteiger partial charge on any atom is -0.378 e. The highest BCUT2D eigenvalue weighted by Gasteiger charge is 2.16. The maximum atomic E-state index is 5.97. The molecule has 2 saturated carbocycles. The van der Waals surface area contributed by atoms with E-state index in [9.17, 15) is 0 Å². The second-order valence-electron chi connectivity index (χ2n) is 6.75. The Morgan fingerprint density at radius 1 is 0.895 bits per heavy atom. The van der Waals surface area contributed by atoms with E-state index in [0.717, 1.165) is 25.1 Å². The highest BCUT2D eigenvalue weighted by atomic mass is 16.5. The molecule has 0 heterocycles. The molecule has 2 aliphatic rings. The molecule has 0 amide bonds. The van der Waals surface area contributed by atoms with Crippen molar-refractivity contribution in [2.75, 3.05) is 13.2 Å². The molecule has 2 heteroatoms. The fourth-order valence-corrected chi connectivity index (χ4v) is 3.55. The Labute approximate surface area is 119 Å². The summed E-state index contributed by atoms with van der Waals surface area (Å²) < 4.78 is 5.97. The quantitative estimate of drug-likeness (QED) is 0.573. The lowest BCUT2D eigenvalue weighted by Gasteiger charge is -2.22. The van der Waals surface area contributed by atoms with Crippen LogP contribution >= 0.6 is 0 Å². The second kappa shape index (κ2) is 8.97. The number of hydrogen-bond acceptors (Lipinski definition) is 2. The molecule has 1 N–H and O–H groups in total. The van der Waals surface area contributed by atoms with Gasteiger partial charge in [0.15, 0.2) is 0 Å². The molecule has 0 saturated heterocycles.